The Hall–Kier alpha value is -2.04. The molecule has 1 amide bonds. The van der Waals surface area contributed by atoms with Gasteiger partial charge in [0.15, 0.2) is 6.04 Å². The molecule has 0 aliphatic carbocycles. The van der Waals surface area contributed by atoms with Crippen LogP contribution in [-0.2, 0) is 14.3 Å². The summed E-state index contributed by atoms with van der Waals surface area (Å²) in [5, 5.41) is 2.57. The Morgan fingerprint density at radius 3 is 2.21 bits per heavy atom. The molecule has 1 rings (SSSR count). The predicted octanol–water partition coefficient (Wildman–Crippen LogP) is 1.66. The number of carbonyl (C=O) groups excluding carboxylic acids is 2. The lowest BCUT2D eigenvalue weighted by Crippen LogP contribution is -2.33. The average Bonchev–Trinajstić information content (AvgIpc) is 2.37. The Bertz CT molecular complexity index is 496. The van der Waals surface area contributed by atoms with Crippen molar-refractivity contribution in [3.63, 3.8) is 0 Å². The van der Waals surface area contributed by atoms with E-state index in [2.05, 4.69) is 5.32 Å². The SMILES string of the molecule is COC(=O)C(NC(C)=O)c1cc(C)c(C)cc1OC. The Morgan fingerprint density at radius 1 is 1.16 bits per heavy atom. The third-order valence-electron chi connectivity index (χ3n) is 2.94. The van der Waals surface area contributed by atoms with Gasteiger partial charge in [-0.1, -0.05) is 0 Å². The topological polar surface area (TPSA) is 64.6 Å². The molecule has 0 radical (unpaired) electrons. The van der Waals surface area contributed by atoms with E-state index >= 15 is 0 Å². The summed E-state index contributed by atoms with van der Waals surface area (Å²) in [5.74, 6) is -0.292. The van der Waals surface area contributed by atoms with E-state index in [0.29, 0.717) is 11.3 Å². The molecule has 0 bridgehead atoms. The third kappa shape index (κ3) is 3.47. The van der Waals surface area contributed by atoms with E-state index in [4.69, 9.17) is 9.47 Å². The van der Waals surface area contributed by atoms with Gasteiger partial charge in [-0.3, -0.25) is 4.79 Å². The molecule has 0 aliphatic heterocycles. The van der Waals surface area contributed by atoms with E-state index in [1.165, 1.54) is 21.1 Å². The van der Waals surface area contributed by atoms with Crippen LogP contribution in [0.4, 0.5) is 0 Å². The van der Waals surface area contributed by atoms with Gasteiger partial charge in [-0.05, 0) is 37.1 Å². The summed E-state index contributed by atoms with van der Waals surface area (Å²) in [6.07, 6.45) is 0. The molecule has 0 aliphatic rings. The first-order valence-electron chi connectivity index (χ1n) is 5.90. The predicted molar refractivity (Wildman–Crippen MR) is 71.0 cm³/mol. The second kappa shape index (κ2) is 6.22. The molecular formula is C14H19NO4. The van der Waals surface area contributed by atoms with Gasteiger partial charge < -0.3 is 14.8 Å². The number of carbonyl (C=O) groups is 2. The van der Waals surface area contributed by atoms with Crippen molar-refractivity contribution in [3.05, 3.63) is 28.8 Å². The standard InChI is InChI=1S/C14H19NO4/c1-8-6-11(12(18-4)7-9(8)2)13(14(17)19-5)15-10(3)16/h6-7,13H,1-5H3,(H,15,16). The number of nitrogens with one attached hydrogen (secondary N) is 1. The molecule has 0 heterocycles. The second-order valence-electron chi connectivity index (χ2n) is 4.34. The molecule has 0 saturated carbocycles. The number of rotatable bonds is 4. The van der Waals surface area contributed by atoms with E-state index < -0.39 is 12.0 Å². The van der Waals surface area contributed by atoms with E-state index in [1.807, 2.05) is 26.0 Å². The first-order chi connectivity index (χ1) is 8.90. The van der Waals surface area contributed by atoms with E-state index in [-0.39, 0.29) is 5.91 Å². The molecule has 5 nitrogen and oxygen atoms in total. The molecule has 0 saturated heterocycles. The van der Waals surface area contributed by atoms with Crippen molar-refractivity contribution < 1.29 is 19.1 Å². The van der Waals surface area contributed by atoms with Gasteiger partial charge in [-0.15, -0.1) is 0 Å². The number of benzene rings is 1. The van der Waals surface area contributed by atoms with Gasteiger partial charge >= 0.3 is 5.97 Å². The van der Waals surface area contributed by atoms with Crippen molar-refractivity contribution in [1.82, 2.24) is 5.32 Å². The van der Waals surface area contributed by atoms with Gasteiger partial charge in [0, 0.05) is 12.5 Å². The van der Waals surface area contributed by atoms with Gasteiger partial charge in [0.2, 0.25) is 5.91 Å². The Balaban J connectivity index is 3.31. The normalized spacial score (nSPS) is 11.6. The van der Waals surface area contributed by atoms with Crippen LogP contribution in [0.25, 0.3) is 0 Å². The molecule has 5 heteroatoms. The van der Waals surface area contributed by atoms with Gasteiger partial charge in [0.25, 0.3) is 0 Å². The van der Waals surface area contributed by atoms with E-state index in [9.17, 15) is 9.59 Å². The minimum atomic E-state index is -0.864. The fourth-order valence-corrected chi connectivity index (χ4v) is 1.80. The molecule has 1 N–H and O–H groups in total. The van der Waals surface area contributed by atoms with Crippen molar-refractivity contribution in [2.24, 2.45) is 0 Å². The van der Waals surface area contributed by atoms with Crippen LogP contribution in [0.1, 0.15) is 29.7 Å². The summed E-state index contributed by atoms with van der Waals surface area (Å²) < 4.78 is 10.0. The molecule has 1 aromatic carbocycles. The Labute approximate surface area is 112 Å². The zero-order valence-electron chi connectivity index (χ0n) is 11.9. The summed E-state index contributed by atoms with van der Waals surface area (Å²) >= 11 is 0. The maximum Gasteiger partial charge on any atom is 0.333 e. The molecule has 1 aromatic rings. The van der Waals surface area contributed by atoms with Crippen LogP contribution >= 0.6 is 0 Å². The monoisotopic (exact) mass is 265 g/mol. The van der Waals surface area contributed by atoms with Crippen molar-refractivity contribution in [2.45, 2.75) is 26.8 Å². The molecule has 19 heavy (non-hydrogen) atoms. The summed E-state index contributed by atoms with van der Waals surface area (Å²) in [6.45, 7) is 5.23. The maximum absolute atomic E-state index is 11.8. The fourth-order valence-electron chi connectivity index (χ4n) is 1.80. The first kappa shape index (κ1) is 15.0. The smallest absolute Gasteiger partial charge is 0.333 e. The number of hydrogen-bond donors (Lipinski definition) is 1. The minimum absolute atomic E-state index is 0.310. The minimum Gasteiger partial charge on any atom is -0.496 e. The highest BCUT2D eigenvalue weighted by atomic mass is 16.5. The molecule has 1 unspecified atom stereocenters. The van der Waals surface area contributed by atoms with Crippen LogP contribution < -0.4 is 10.1 Å². The van der Waals surface area contributed by atoms with Crippen molar-refractivity contribution in [3.8, 4) is 5.75 Å². The number of hydrogen-bond acceptors (Lipinski definition) is 4. The lowest BCUT2D eigenvalue weighted by atomic mass is 9.99. The zero-order valence-corrected chi connectivity index (χ0v) is 11.9. The quantitative estimate of drug-likeness (QED) is 0.841. The molecule has 1 atom stereocenters. The highest BCUT2D eigenvalue weighted by Gasteiger charge is 2.26. The number of methoxy groups -OCH3 is 2. The van der Waals surface area contributed by atoms with E-state index in [0.717, 1.165) is 11.1 Å². The highest BCUT2D eigenvalue weighted by molar-refractivity contribution is 5.85. The summed E-state index contributed by atoms with van der Waals surface area (Å²) in [6, 6.07) is 2.80. The second-order valence-corrected chi connectivity index (χ2v) is 4.34. The van der Waals surface area contributed by atoms with Gasteiger partial charge in [-0.2, -0.15) is 0 Å². The largest absolute Gasteiger partial charge is 0.496 e. The van der Waals surface area contributed by atoms with Crippen LogP contribution in [0.5, 0.6) is 5.75 Å². The molecule has 0 aromatic heterocycles. The van der Waals surface area contributed by atoms with Crippen LogP contribution in [-0.4, -0.2) is 26.1 Å². The average molecular weight is 265 g/mol. The molecular weight excluding hydrogens is 246 g/mol. The fraction of sp³-hybridized carbons (Fsp3) is 0.429. The Kier molecular flexibility index (Phi) is 4.92. The zero-order chi connectivity index (χ0) is 14.6. The Morgan fingerprint density at radius 2 is 1.74 bits per heavy atom. The van der Waals surface area contributed by atoms with Gasteiger partial charge in [0.1, 0.15) is 5.75 Å². The van der Waals surface area contributed by atoms with Gasteiger partial charge in [-0.25, -0.2) is 4.79 Å². The van der Waals surface area contributed by atoms with Crippen molar-refractivity contribution >= 4 is 11.9 Å². The van der Waals surface area contributed by atoms with Crippen LogP contribution in [0.2, 0.25) is 0 Å². The maximum atomic E-state index is 11.8. The van der Waals surface area contributed by atoms with Crippen molar-refractivity contribution in [2.75, 3.05) is 14.2 Å². The molecule has 104 valence electrons. The highest BCUT2D eigenvalue weighted by Crippen LogP contribution is 2.29. The van der Waals surface area contributed by atoms with Crippen LogP contribution in [0.15, 0.2) is 12.1 Å². The lowest BCUT2D eigenvalue weighted by Gasteiger charge is -2.20. The summed E-state index contributed by atoms with van der Waals surface area (Å²) in [4.78, 5) is 23.1. The van der Waals surface area contributed by atoms with Crippen LogP contribution in [0, 0.1) is 13.8 Å². The van der Waals surface area contributed by atoms with Crippen LogP contribution in [0.3, 0.4) is 0 Å². The van der Waals surface area contributed by atoms with Crippen molar-refractivity contribution in [1.29, 1.82) is 0 Å². The van der Waals surface area contributed by atoms with E-state index in [1.54, 1.807) is 0 Å². The number of aryl methyl sites for hydroxylation is 2. The third-order valence-corrected chi connectivity index (χ3v) is 2.94. The molecule has 0 spiro atoms. The van der Waals surface area contributed by atoms with Gasteiger partial charge in [0.05, 0.1) is 14.2 Å². The number of amides is 1. The first-order valence-corrected chi connectivity index (χ1v) is 5.90. The summed E-state index contributed by atoms with van der Waals surface area (Å²) in [7, 11) is 2.81. The number of esters is 1. The number of ether oxygens (including phenoxy) is 2. The lowest BCUT2D eigenvalue weighted by molar-refractivity contribution is -0.145. The summed E-state index contributed by atoms with van der Waals surface area (Å²) in [5.41, 5.74) is 2.65. The molecule has 0 fully saturated rings.